The topological polar surface area (TPSA) is 55.1 Å². The first-order valence-electron chi connectivity index (χ1n) is 6.13. The van der Waals surface area contributed by atoms with Crippen LogP contribution >= 0.6 is 0 Å². The molecule has 0 radical (unpaired) electrons. The number of benzene rings is 2. The molecule has 110 valence electrons. The summed E-state index contributed by atoms with van der Waals surface area (Å²) in [6.45, 7) is 1.44. The zero-order valence-electron chi connectivity index (χ0n) is 11.2. The third-order valence-corrected chi connectivity index (χ3v) is 3.10. The first-order chi connectivity index (χ1) is 9.82. The average molecular weight is 294 g/mol. The Balaban J connectivity index is 2.28. The Labute approximate surface area is 119 Å². The maximum absolute atomic E-state index is 13.5. The van der Waals surface area contributed by atoms with Crippen LogP contribution in [0, 0.1) is 17.5 Å². The molecule has 0 aliphatic carbocycles. The molecule has 2 aromatic rings. The van der Waals surface area contributed by atoms with Gasteiger partial charge in [0.2, 0.25) is 5.91 Å². The summed E-state index contributed by atoms with van der Waals surface area (Å²) in [5, 5.41) is 2.17. The lowest BCUT2D eigenvalue weighted by atomic mass is 9.92. The quantitative estimate of drug-likeness (QED) is 0.855. The standard InChI is InChI=1S/C15H13F3N2O/c1-15(19,9-5-3-2-4-6-9)14(21)20-13-8-11(17)10(16)7-12(13)18/h2-8H,19H2,1H3,(H,20,21). The average Bonchev–Trinajstić information content (AvgIpc) is 2.45. The van der Waals surface area contributed by atoms with Gasteiger partial charge in [-0.05, 0) is 12.5 Å². The van der Waals surface area contributed by atoms with E-state index in [0.29, 0.717) is 17.7 Å². The first-order valence-corrected chi connectivity index (χ1v) is 6.13. The minimum atomic E-state index is -1.45. The van der Waals surface area contributed by atoms with E-state index in [1.807, 2.05) is 0 Å². The van der Waals surface area contributed by atoms with Crippen LogP contribution in [0.2, 0.25) is 0 Å². The summed E-state index contributed by atoms with van der Waals surface area (Å²) in [4.78, 5) is 12.2. The van der Waals surface area contributed by atoms with Crippen LogP contribution in [0.4, 0.5) is 18.9 Å². The fraction of sp³-hybridized carbons (Fsp3) is 0.133. The van der Waals surface area contributed by atoms with Gasteiger partial charge in [0.1, 0.15) is 11.4 Å². The van der Waals surface area contributed by atoms with Crippen LogP contribution < -0.4 is 11.1 Å². The predicted molar refractivity (Wildman–Crippen MR) is 72.9 cm³/mol. The van der Waals surface area contributed by atoms with Gasteiger partial charge in [0.05, 0.1) is 5.69 Å². The Bertz CT molecular complexity index is 672. The number of rotatable bonds is 3. The number of halogens is 3. The van der Waals surface area contributed by atoms with Crippen LogP contribution in [-0.2, 0) is 10.3 Å². The molecule has 0 aliphatic heterocycles. The van der Waals surface area contributed by atoms with Gasteiger partial charge >= 0.3 is 0 Å². The Kier molecular flexibility index (Phi) is 3.99. The SMILES string of the molecule is CC(N)(C(=O)Nc1cc(F)c(F)cc1F)c1ccccc1. The van der Waals surface area contributed by atoms with E-state index in [9.17, 15) is 18.0 Å². The van der Waals surface area contributed by atoms with Crippen molar-refractivity contribution >= 4 is 11.6 Å². The van der Waals surface area contributed by atoms with Crippen LogP contribution in [0.25, 0.3) is 0 Å². The van der Waals surface area contributed by atoms with Crippen molar-refractivity contribution in [3.8, 4) is 0 Å². The monoisotopic (exact) mass is 294 g/mol. The summed E-state index contributed by atoms with van der Waals surface area (Å²) in [6, 6.07) is 9.37. The Morgan fingerprint density at radius 1 is 1.05 bits per heavy atom. The molecule has 1 atom stereocenters. The number of anilines is 1. The van der Waals surface area contributed by atoms with Crippen molar-refractivity contribution in [3.05, 3.63) is 65.5 Å². The van der Waals surface area contributed by atoms with Gasteiger partial charge < -0.3 is 11.1 Å². The van der Waals surface area contributed by atoms with Crippen molar-refractivity contribution in [2.45, 2.75) is 12.5 Å². The molecule has 0 aromatic heterocycles. The van der Waals surface area contributed by atoms with Crippen LogP contribution in [0.3, 0.4) is 0 Å². The number of nitrogens with two attached hydrogens (primary N) is 1. The molecule has 2 rings (SSSR count). The van der Waals surface area contributed by atoms with Gasteiger partial charge in [-0.15, -0.1) is 0 Å². The molecule has 0 spiro atoms. The molecule has 3 N–H and O–H groups in total. The van der Waals surface area contributed by atoms with Gasteiger partial charge in [-0.1, -0.05) is 30.3 Å². The lowest BCUT2D eigenvalue weighted by molar-refractivity contribution is -0.120. The molecule has 0 heterocycles. The van der Waals surface area contributed by atoms with Crippen LogP contribution in [0.1, 0.15) is 12.5 Å². The molecule has 0 bridgehead atoms. The van der Waals surface area contributed by atoms with Gasteiger partial charge in [0.15, 0.2) is 11.6 Å². The van der Waals surface area contributed by atoms with Crippen molar-refractivity contribution in [2.24, 2.45) is 5.73 Å². The van der Waals surface area contributed by atoms with E-state index in [1.54, 1.807) is 30.3 Å². The van der Waals surface area contributed by atoms with E-state index in [4.69, 9.17) is 5.73 Å². The highest BCUT2D eigenvalue weighted by Crippen LogP contribution is 2.23. The highest BCUT2D eigenvalue weighted by molar-refractivity contribution is 5.98. The molecule has 0 saturated carbocycles. The lowest BCUT2D eigenvalue weighted by Crippen LogP contribution is -2.45. The molecular weight excluding hydrogens is 281 g/mol. The number of carbonyl (C=O) groups is 1. The van der Waals surface area contributed by atoms with Gasteiger partial charge in [-0.25, -0.2) is 13.2 Å². The van der Waals surface area contributed by atoms with Gasteiger partial charge in [-0.3, -0.25) is 4.79 Å². The Morgan fingerprint density at radius 3 is 2.24 bits per heavy atom. The first kappa shape index (κ1) is 15.1. The Hall–Kier alpha value is -2.34. The number of hydrogen-bond donors (Lipinski definition) is 2. The normalized spacial score (nSPS) is 13.6. The van der Waals surface area contributed by atoms with Crippen LogP contribution in [0.5, 0.6) is 0 Å². The van der Waals surface area contributed by atoms with Crippen LogP contribution in [-0.4, -0.2) is 5.91 Å². The van der Waals surface area contributed by atoms with Crippen LogP contribution in [0.15, 0.2) is 42.5 Å². The number of carbonyl (C=O) groups excluding carboxylic acids is 1. The van der Waals surface area contributed by atoms with Crippen molar-refractivity contribution in [1.82, 2.24) is 0 Å². The molecule has 3 nitrogen and oxygen atoms in total. The predicted octanol–water partition coefficient (Wildman–Crippen LogP) is 2.92. The van der Waals surface area contributed by atoms with Crippen molar-refractivity contribution < 1.29 is 18.0 Å². The molecular formula is C15H13F3N2O. The molecule has 1 unspecified atom stereocenters. The van der Waals surface area contributed by atoms with E-state index in [-0.39, 0.29) is 0 Å². The fourth-order valence-electron chi connectivity index (χ4n) is 1.79. The number of nitrogens with one attached hydrogen (secondary N) is 1. The van der Waals surface area contributed by atoms with E-state index < -0.39 is 34.6 Å². The highest BCUT2D eigenvalue weighted by atomic mass is 19.2. The minimum Gasteiger partial charge on any atom is -0.322 e. The minimum absolute atomic E-state index is 0.362. The second-order valence-electron chi connectivity index (χ2n) is 4.77. The molecule has 2 aromatic carbocycles. The van der Waals surface area contributed by atoms with Crippen molar-refractivity contribution in [3.63, 3.8) is 0 Å². The summed E-state index contributed by atoms with van der Waals surface area (Å²) < 4.78 is 39.5. The molecule has 0 aliphatic rings. The molecule has 0 fully saturated rings. The summed E-state index contributed by atoms with van der Waals surface area (Å²) in [6.07, 6.45) is 0. The Morgan fingerprint density at radius 2 is 1.62 bits per heavy atom. The summed E-state index contributed by atoms with van der Waals surface area (Å²) in [5.41, 5.74) is 4.54. The highest BCUT2D eigenvalue weighted by Gasteiger charge is 2.31. The van der Waals surface area contributed by atoms with E-state index in [0.717, 1.165) is 0 Å². The maximum Gasteiger partial charge on any atom is 0.248 e. The zero-order valence-corrected chi connectivity index (χ0v) is 11.2. The third-order valence-electron chi connectivity index (χ3n) is 3.10. The van der Waals surface area contributed by atoms with E-state index in [1.165, 1.54) is 6.92 Å². The summed E-state index contributed by atoms with van der Waals surface area (Å²) in [7, 11) is 0. The zero-order chi connectivity index (χ0) is 15.6. The lowest BCUT2D eigenvalue weighted by Gasteiger charge is -2.24. The largest absolute Gasteiger partial charge is 0.322 e. The fourth-order valence-corrected chi connectivity index (χ4v) is 1.79. The summed E-state index contributed by atoms with van der Waals surface area (Å²) >= 11 is 0. The third kappa shape index (κ3) is 3.05. The molecule has 21 heavy (non-hydrogen) atoms. The van der Waals surface area contributed by atoms with Crippen molar-refractivity contribution in [2.75, 3.05) is 5.32 Å². The number of hydrogen-bond acceptors (Lipinski definition) is 2. The van der Waals surface area contributed by atoms with Crippen molar-refractivity contribution in [1.29, 1.82) is 0 Å². The maximum atomic E-state index is 13.5. The molecule has 1 amide bonds. The van der Waals surface area contributed by atoms with E-state index in [2.05, 4.69) is 5.32 Å². The van der Waals surface area contributed by atoms with Gasteiger partial charge in [-0.2, -0.15) is 0 Å². The number of amides is 1. The molecule has 0 saturated heterocycles. The second-order valence-corrected chi connectivity index (χ2v) is 4.77. The second kappa shape index (κ2) is 5.57. The van der Waals surface area contributed by atoms with Gasteiger partial charge in [0, 0.05) is 12.1 Å². The molecule has 6 heteroatoms. The summed E-state index contributed by atoms with van der Waals surface area (Å²) in [5.74, 6) is -4.40. The smallest absolute Gasteiger partial charge is 0.248 e. The van der Waals surface area contributed by atoms with Gasteiger partial charge in [0.25, 0.3) is 0 Å². The van der Waals surface area contributed by atoms with E-state index >= 15 is 0 Å².